The molecule has 0 atom stereocenters. The minimum Gasteiger partial charge on any atom is -0.329 e. The van der Waals surface area contributed by atoms with Crippen LogP contribution in [0.5, 0.6) is 0 Å². The second-order valence-electron chi connectivity index (χ2n) is 6.10. The first-order chi connectivity index (χ1) is 9.22. The molecule has 0 aliphatic heterocycles. The van der Waals surface area contributed by atoms with E-state index in [1.807, 2.05) is 0 Å². The summed E-state index contributed by atoms with van der Waals surface area (Å²) >= 11 is 0. The number of nitrogens with two attached hydrogens (primary N) is 1. The van der Waals surface area contributed by atoms with Gasteiger partial charge >= 0.3 is 0 Å². The van der Waals surface area contributed by atoms with Gasteiger partial charge in [-0.15, -0.1) is 0 Å². The lowest BCUT2D eigenvalue weighted by molar-refractivity contribution is 0.222. The second kappa shape index (κ2) is 14.3. The Kier molecular flexibility index (Phi) is 14.3. The minimum absolute atomic E-state index is 0.641. The molecular formula is C17H38N2. The number of unbranched alkanes of at least 4 members (excludes halogenated alkanes) is 9. The number of rotatable bonds is 14. The summed E-state index contributed by atoms with van der Waals surface area (Å²) in [7, 11) is 0. The normalized spacial score (nSPS) is 11.7. The standard InChI is InChI=1S/C17H38N2/c1-4-5-6-7-8-9-10-11-12-13-15-19(16-14-18)17(2)3/h17H,4-16,18H2,1-3H3. The molecule has 0 saturated heterocycles. The molecule has 0 heterocycles. The molecule has 116 valence electrons. The third-order valence-corrected chi connectivity index (χ3v) is 3.95. The van der Waals surface area contributed by atoms with Crippen LogP contribution in [0.1, 0.15) is 85.0 Å². The van der Waals surface area contributed by atoms with Crippen LogP contribution in [0.3, 0.4) is 0 Å². The Balaban J connectivity index is 3.25. The lowest BCUT2D eigenvalue weighted by Crippen LogP contribution is -2.36. The van der Waals surface area contributed by atoms with Crippen LogP contribution >= 0.6 is 0 Å². The van der Waals surface area contributed by atoms with E-state index in [0.717, 1.165) is 13.1 Å². The van der Waals surface area contributed by atoms with E-state index in [2.05, 4.69) is 25.7 Å². The van der Waals surface area contributed by atoms with Crippen molar-refractivity contribution in [1.82, 2.24) is 4.90 Å². The van der Waals surface area contributed by atoms with E-state index in [0.29, 0.717) is 6.04 Å². The third-order valence-electron chi connectivity index (χ3n) is 3.95. The van der Waals surface area contributed by atoms with Crippen molar-refractivity contribution in [3.63, 3.8) is 0 Å². The largest absolute Gasteiger partial charge is 0.329 e. The van der Waals surface area contributed by atoms with E-state index in [-0.39, 0.29) is 0 Å². The first-order valence-corrected chi connectivity index (χ1v) is 8.66. The Bertz CT molecular complexity index is 169. The Morgan fingerprint density at radius 1 is 0.737 bits per heavy atom. The molecular weight excluding hydrogens is 232 g/mol. The van der Waals surface area contributed by atoms with Crippen LogP contribution in [-0.4, -0.2) is 30.6 Å². The van der Waals surface area contributed by atoms with Crippen LogP contribution < -0.4 is 5.73 Å². The van der Waals surface area contributed by atoms with Crippen molar-refractivity contribution in [2.24, 2.45) is 5.73 Å². The molecule has 0 aliphatic carbocycles. The molecule has 0 aromatic heterocycles. The average molecular weight is 271 g/mol. The van der Waals surface area contributed by atoms with E-state index in [1.54, 1.807) is 0 Å². The fraction of sp³-hybridized carbons (Fsp3) is 1.00. The van der Waals surface area contributed by atoms with Crippen LogP contribution in [-0.2, 0) is 0 Å². The van der Waals surface area contributed by atoms with Crippen molar-refractivity contribution in [1.29, 1.82) is 0 Å². The van der Waals surface area contributed by atoms with E-state index < -0.39 is 0 Å². The molecule has 0 aromatic rings. The maximum Gasteiger partial charge on any atom is 0.0107 e. The van der Waals surface area contributed by atoms with Gasteiger partial charge in [-0.2, -0.15) is 0 Å². The highest BCUT2D eigenvalue weighted by atomic mass is 15.1. The zero-order valence-electron chi connectivity index (χ0n) is 13.8. The summed E-state index contributed by atoms with van der Waals surface area (Å²) in [6.45, 7) is 9.89. The predicted octanol–water partition coefficient (Wildman–Crippen LogP) is 4.58. The third kappa shape index (κ3) is 12.7. The average Bonchev–Trinajstić information content (AvgIpc) is 2.39. The fourth-order valence-electron chi connectivity index (χ4n) is 2.60. The maximum absolute atomic E-state index is 5.65. The molecule has 0 bridgehead atoms. The molecule has 19 heavy (non-hydrogen) atoms. The summed E-state index contributed by atoms with van der Waals surface area (Å²) in [5, 5.41) is 0. The molecule has 0 saturated carbocycles. The van der Waals surface area contributed by atoms with E-state index in [1.165, 1.54) is 70.8 Å². The highest BCUT2D eigenvalue weighted by molar-refractivity contribution is 4.63. The molecule has 0 spiro atoms. The van der Waals surface area contributed by atoms with Crippen LogP contribution in [0.25, 0.3) is 0 Å². The molecule has 2 N–H and O–H groups in total. The van der Waals surface area contributed by atoms with Gasteiger partial charge in [-0.3, -0.25) is 4.90 Å². The van der Waals surface area contributed by atoms with Gasteiger partial charge in [-0.25, -0.2) is 0 Å². The van der Waals surface area contributed by atoms with Gasteiger partial charge in [-0.1, -0.05) is 64.7 Å². The molecule has 0 unspecified atom stereocenters. The van der Waals surface area contributed by atoms with Crippen LogP contribution in [0.15, 0.2) is 0 Å². The minimum atomic E-state index is 0.641. The molecule has 0 fully saturated rings. The molecule has 0 rings (SSSR count). The van der Waals surface area contributed by atoms with Crippen molar-refractivity contribution >= 4 is 0 Å². The molecule has 0 radical (unpaired) electrons. The summed E-state index contributed by atoms with van der Waals surface area (Å²) in [6, 6.07) is 0.641. The first kappa shape index (κ1) is 18.9. The monoisotopic (exact) mass is 270 g/mol. The summed E-state index contributed by atoms with van der Waals surface area (Å²) < 4.78 is 0. The predicted molar refractivity (Wildman–Crippen MR) is 87.6 cm³/mol. The SMILES string of the molecule is CCCCCCCCCCCCN(CCN)C(C)C. The van der Waals surface area contributed by atoms with Gasteiger partial charge in [0.15, 0.2) is 0 Å². The Labute approximate surface area is 122 Å². The van der Waals surface area contributed by atoms with Gasteiger partial charge in [0, 0.05) is 19.1 Å². The quantitative estimate of drug-likeness (QED) is 0.468. The lowest BCUT2D eigenvalue weighted by Gasteiger charge is -2.25. The second-order valence-corrected chi connectivity index (χ2v) is 6.10. The molecule has 0 aliphatic rings. The van der Waals surface area contributed by atoms with Crippen LogP contribution in [0.4, 0.5) is 0 Å². The van der Waals surface area contributed by atoms with Gasteiger partial charge in [0.25, 0.3) is 0 Å². The Morgan fingerprint density at radius 3 is 1.63 bits per heavy atom. The van der Waals surface area contributed by atoms with Crippen molar-refractivity contribution in [2.45, 2.75) is 91.0 Å². The van der Waals surface area contributed by atoms with Crippen LogP contribution in [0, 0.1) is 0 Å². The lowest BCUT2D eigenvalue weighted by atomic mass is 10.1. The van der Waals surface area contributed by atoms with Crippen molar-refractivity contribution in [2.75, 3.05) is 19.6 Å². The van der Waals surface area contributed by atoms with Gasteiger partial charge in [0.1, 0.15) is 0 Å². The van der Waals surface area contributed by atoms with Gasteiger partial charge in [0.2, 0.25) is 0 Å². The van der Waals surface area contributed by atoms with Crippen molar-refractivity contribution in [3.8, 4) is 0 Å². The molecule has 2 nitrogen and oxygen atoms in total. The molecule has 2 heteroatoms. The highest BCUT2D eigenvalue weighted by Crippen LogP contribution is 2.11. The van der Waals surface area contributed by atoms with Crippen LogP contribution in [0.2, 0.25) is 0 Å². The van der Waals surface area contributed by atoms with Gasteiger partial charge in [-0.05, 0) is 26.8 Å². The topological polar surface area (TPSA) is 29.3 Å². The summed E-state index contributed by atoms with van der Waals surface area (Å²) in [4.78, 5) is 2.50. The number of nitrogens with zero attached hydrogens (tertiary/aromatic N) is 1. The van der Waals surface area contributed by atoms with Crippen molar-refractivity contribution in [3.05, 3.63) is 0 Å². The molecule has 0 aromatic carbocycles. The van der Waals surface area contributed by atoms with Crippen molar-refractivity contribution < 1.29 is 0 Å². The zero-order chi connectivity index (χ0) is 14.3. The van der Waals surface area contributed by atoms with E-state index >= 15 is 0 Å². The summed E-state index contributed by atoms with van der Waals surface area (Å²) in [5.41, 5.74) is 5.65. The smallest absolute Gasteiger partial charge is 0.0107 e. The molecule has 0 amide bonds. The zero-order valence-corrected chi connectivity index (χ0v) is 13.8. The fourth-order valence-corrected chi connectivity index (χ4v) is 2.60. The number of hydrogen-bond acceptors (Lipinski definition) is 2. The maximum atomic E-state index is 5.65. The van der Waals surface area contributed by atoms with E-state index in [4.69, 9.17) is 5.73 Å². The van der Waals surface area contributed by atoms with Gasteiger partial charge in [0.05, 0.1) is 0 Å². The Morgan fingerprint density at radius 2 is 1.21 bits per heavy atom. The highest BCUT2D eigenvalue weighted by Gasteiger charge is 2.06. The first-order valence-electron chi connectivity index (χ1n) is 8.66. The Hall–Kier alpha value is -0.0800. The summed E-state index contributed by atoms with van der Waals surface area (Å²) in [5.74, 6) is 0. The summed E-state index contributed by atoms with van der Waals surface area (Å²) in [6.07, 6.45) is 14.2. The number of hydrogen-bond donors (Lipinski definition) is 1. The van der Waals surface area contributed by atoms with Gasteiger partial charge < -0.3 is 5.73 Å². The van der Waals surface area contributed by atoms with E-state index in [9.17, 15) is 0 Å².